The molecule has 0 aliphatic heterocycles. The van der Waals surface area contributed by atoms with Gasteiger partial charge in [0.25, 0.3) is 0 Å². The molecule has 0 aliphatic rings. The van der Waals surface area contributed by atoms with Gasteiger partial charge in [-0.1, -0.05) is 30.7 Å². The molecule has 108 valence electrons. The van der Waals surface area contributed by atoms with E-state index in [-0.39, 0.29) is 24.9 Å². The van der Waals surface area contributed by atoms with E-state index in [1.54, 1.807) is 0 Å². The van der Waals surface area contributed by atoms with Crippen molar-refractivity contribution < 1.29 is 9.90 Å². The standard InChI is InChI=1S/C14H20ClNO2.ClH/c1-10(12-4-6-13(15)7-5-12)11(2)16(3)9-8-14(17)18;/h4-7,10-11H,8-9H2,1-3H3,(H,17,18);1H. The minimum atomic E-state index is -0.756. The SMILES string of the molecule is CC(c1ccc(Cl)cc1)C(C)N(C)CCC(=O)O.Cl. The highest BCUT2D eigenvalue weighted by Crippen LogP contribution is 2.23. The molecule has 0 amide bonds. The summed E-state index contributed by atoms with van der Waals surface area (Å²) in [6.45, 7) is 4.82. The van der Waals surface area contributed by atoms with Crippen LogP contribution >= 0.6 is 24.0 Å². The van der Waals surface area contributed by atoms with Crippen LogP contribution in [0.4, 0.5) is 0 Å². The normalized spacial score (nSPS) is 13.7. The Hall–Kier alpha value is -0.770. The molecular formula is C14H21Cl2NO2. The summed E-state index contributed by atoms with van der Waals surface area (Å²) in [4.78, 5) is 12.6. The van der Waals surface area contributed by atoms with Gasteiger partial charge in [-0.15, -0.1) is 12.4 Å². The molecule has 1 N–H and O–H groups in total. The molecule has 1 aromatic carbocycles. The van der Waals surface area contributed by atoms with Gasteiger partial charge >= 0.3 is 5.97 Å². The largest absolute Gasteiger partial charge is 0.481 e. The third-order valence-electron chi connectivity index (χ3n) is 3.49. The number of aliphatic carboxylic acids is 1. The van der Waals surface area contributed by atoms with Gasteiger partial charge in [0, 0.05) is 17.6 Å². The fourth-order valence-corrected chi connectivity index (χ4v) is 2.03. The second-order valence-corrected chi connectivity index (χ2v) is 5.14. The summed E-state index contributed by atoms with van der Waals surface area (Å²) in [5, 5.41) is 9.42. The molecule has 0 aromatic heterocycles. The molecule has 0 saturated heterocycles. The van der Waals surface area contributed by atoms with Crippen LogP contribution in [0.3, 0.4) is 0 Å². The van der Waals surface area contributed by atoms with E-state index in [0.717, 1.165) is 5.02 Å². The summed E-state index contributed by atoms with van der Waals surface area (Å²) in [5.41, 5.74) is 1.22. The zero-order valence-corrected chi connectivity index (χ0v) is 13.0. The fourth-order valence-electron chi connectivity index (χ4n) is 1.90. The van der Waals surface area contributed by atoms with Crippen LogP contribution in [0.2, 0.25) is 5.02 Å². The second kappa shape index (κ2) is 8.41. The zero-order chi connectivity index (χ0) is 13.7. The first kappa shape index (κ1) is 18.2. The number of nitrogens with zero attached hydrogens (tertiary/aromatic N) is 1. The summed E-state index contributed by atoms with van der Waals surface area (Å²) < 4.78 is 0. The Kier molecular flexibility index (Phi) is 8.07. The molecule has 19 heavy (non-hydrogen) atoms. The van der Waals surface area contributed by atoms with Crippen LogP contribution in [0.25, 0.3) is 0 Å². The Balaban J connectivity index is 0.00000324. The predicted molar refractivity (Wildman–Crippen MR) is 81.5 cm³/mol. The zero-order valence-electron chi connectivity index (χ0n) is 11.5. The van der Waals surface area contributed by atoms with Gasteiger partial charge in [-0.25, -0.2) is 0 Å². The number of carbonyl (C=O) groups is 1. The minimum absolute atomic E-state index is 0. The summed E-state index contributed by atoms with van der Waals surface area (Å²) in [6, 6.07) is 8.10. The van der Waals surface area contributed by atoms with Gasteiger partial charge in [0.05, 0.1) is 6.42 Å². The van der Waals surface area contributed by atoms with Crippen LogP contribution in [0, 0.1) is 0 Å². The van der Waals surface area contributed by atoms with Crippen molar-refractivity contribution in [3.05, 3.63) is 34.9 Å². The van der Waals surface area contributed by atoms with Gasteiger partial charge in [0.2, 0.25) is 0 Å². The lowest BCUT2D eigenvalue weighted by molar-refractivity contribution is -0.137. The van der Waals surface area contributed by atoms with E-state index in [2.05, 4.69) is 18.7 Å². The van der Waals surface area contributed by atoms with Crippen molar-refractivity contribution >= 4 is 30.0 Å². The molecule has 0 saturated carbocycles. The number of rotatable bonds is 6. The summed E-state index contributed by atoms with van der Waals surface area (Å²) in [5.74, 6) is -0.422. The van der Waals surface area contributed by atoms with E-state index < -0.39 is 5.97 Å². The molecule has 5 heteroatoms. The van der Waals surface area contributed by atoms with Crippen molar-refractivity contribution in [3.63, 3.8) is 0 Å². The number of halogens is 2. The lowest BCUT2D eigenvalue weighted by Gasteiger charge is -2.29. The molecule has 0 spiro atoms. The Morgan fingerprint density at radius 3 is 2.32 bits per heavy atom. The van der Waals surface area contributed by atoms with Gasteiger partial charge in [-0.3, -0.25) is 4.79 Å². The summed E-state index contributed by atoms with van der Waals surface area (Å²) in [7, 11) is 1.96. The maximum absolute atomic E-state index is 10.6. The number of carboxylic acids is 1. The Labute approximate surface area is 126 Å². The van der Waals surface area contributed by atoms with Crippen LogP contribution in [-0.4, -0.2) is 35.6 Å². The van der Waals surface area contributed by atoms with Gasteiger partial charge in [-0.2, -0.15) is 0 Å². The van der Waals surface area contributed by atoms with Crippen LogP contribution in [0.5, 0.6) is 0 Å². The number of hydrogen-bond acceptors (Lipinski definition) is 2. The minimum Gasteiger partial charge on any atom is -0.481 e. The van der Waals surface area contributed by atoms with Crippen molar-refractivity contribution in [2.45, 2.75) is 32.2 Å². The number of likely N-dealkylation sites (N-methyl/N-ethyl adjacent to an activating group) is 1. The van der Waals surface area contributed by atoms with Gasteiger partial charge in [-0.05, 0) is 37.6 Å². The van der Waals surface area contributed by atoms with Crippen molar-refractivity contribution in [1.29, 1.82) is 0 Å². The van der Waals surface area contributed by atoms with Crippen molar-refractivity contribution in [2.24, 2.45) is 0 Å². The molecule has 3 nitrogen and oxygen atoms in total. The Morgan fingerprint density at radius 1 is 1.32 bits per heavy atom. The van der Waals surface area contributed by atoms with E-state index in [9.17, 15) is 4.79 Å². The molecule has 0 heterocycles. The maximum atomic E-state index is 10.6. The fraction of sp³-hybridized carbons (Fsp3) is 0.500. The molecule has 0 radical (unpaired) electrons. The van der Waals surface area contributed by atoms with E-state index in [1.165, 1.54) is 5.56 Å². The monoisotopic (exact) mass is 305 g/mol. The van der Waals surface area contributed by atoms with E-state index >= 15 is 0 Å². The number of carboxylic acid groups (broad SMARTS) is 1. The Morgan fingerprint density at radius 2 is 1.84 bits per heavy atom. The van der Waals surface area contributed by atoms with Gasteiger partial charge in [0.15, 0.2) is 0 Å². The third kappa shape index (κ3) is 5.81. The number of benzene rings is 1. The van der Waals surface area contributed by atoms with Crippen LogP contribution < -0.4 is 0 Å². The van der Waals surface area contributed by atoms with Gasteiger partial charge < -0.3 is 10.0 Å². The van der Waals surface area contributed by atoms with E-state index in [4.69, 9.17) is 16.7 Å². The van der Waals surface area contributed by atoms with E-state index in [0.29, 0.717) is 12.5 Å². The predicted octanol–water partition coefficient (Wildman–Crippen LogP) is 3.66. The highest BCUT2D eigenvalue weighted by atomic mass is 35.5. The van der Waals surface area contributed by atoms with Crippen LogP contribution in [0.15, 0.2) is 24.3 Å². The van der Waals surface area contributed by atoms with E-state index in [1.807, 2.05) is 31.3 Å². The second-order valence-electron chi connectivity index (χ2n) is 4.71. The van der Waals surface area contributed by atoms with Crippen molar-refractivity contribution in [2.75, 3.05) is 13.6 Å². The molecule has 0 aliphatic carbocycles. The highest BCUT2D eigenvalue weighted by molar-refractivity contribution is 6.30. The maximum Gasteiger partial charge on any atom is 0.304 e. The first-order valence-electron chi connectivity index (χ1n) is 6.09. The molecule has 1 rings (SSSR count). The first-order chi connectivity index (χ1) is 8.41. The smallest absolute Gasteiger partial charge is 0.304 e. The van der Waals surface area contributed by atoms with Crippen molar-refractivity contribution in [3.8, 4) is 0 Å². The summed E-state index contributed by atoms with van der Waals surface area (Å²) >= 11 is 5.87. The molecule has 2 atom stereocenters. The lowest BCUT2D eigenvalue weighted by atomic mass is 9.93. The average molecular weight is 306 g/mol. The topological polar surface area (TPSA) is 40.5 Å². The molecule has 0 bridgehead atoms. The average Bonchev–Trinajstić information content (AvgIpc) is 2.35. The van der Waals surface area contributed by atoms with Gasteiger partial charge in [0.1, 0.15) is 0 Å². The quantitative estimate of drug-likeness (QED) is 0.872. The molecule has 1 aromatic rings. The molecule has 2 unspecified atom stereocenters. The molecule has 0 fully saturated rings. The molecular weight excluding hydrogens is 285 g/mol. The number of hydrogen-bond donors (Lipinski definition) is 1. The van der Waals surface area contributed by atoms with Crippen molar-refractivity contribution in [1.82, 2.24) is 4.90 Å². The van der Waals surface area contributed by atoms with Crippen LogP contribution in [0.1, 0.15) is 31.7 Å². The Bertz CT molecular complexity index is 395. The third-order valence-corrected chi connectivity index (χ3v) is 3.75. The van der Waals surface area contributed by atoms with Crippen LogP contribution in [-0.2, 0) is 4.79 Å². The lowest BCUT2D eigenvalue weighted by Crippen LogP contribution is -2.34. The summed E-state index contributed by atoms with van der Waals surface area (Å²) in [6.07, 6.45) is 0.175. The highest BCUT2D eigenvalue weighted by Gasteiger charge is 2.18. The first-order valence-corrected chi connectivity index (χ1v) is 6.47.